The zero-order valence-corrected chi connectivity index (χ0v) is 15.5. The number of hydrogen-bond acceptors (Lipinski definition) is 7. The van der Waals surface area contributed by atoms with Gasteiger partial charge in [0.2, 0.25) is 5.91 Å². The van der Waals surface area contributed by atoms with Crippen molar-refractivity contribution in [2.75, 3.05) is 44.1 Å². The Balaban J connectivity index is 1.48. The standard InChI is InChI=1S/C18H22N4O3S/c1-24-15-4-2-3-14(9-15)11-19-17(23)12-26-18-10-16(20-13-21-18)22-5-7-25-8-6-22/h2-4,9-10,13H,5-8,11-12H2,1H3,(H,19,23). The van der Waals surface area contributed by atoms with Gasteiger partial charge in [0.15, 0.2) is 0 Å². The van der Waals surface area contributed by atoms with E-state index in [0.717, 1.165) is 35.2 Å². The van der Waals surface area contributed by atoms with Crippen molar-refractivity contribution in [1.82, 2.24) is 15.3 Å². The first-order valence-corrected chi connectivity index (χ1v) is 9.40. The maximum Gasteiger partial charge on any atom is 0.230 e. The highest BCUT2D eigenvalue weighted by atomic mass is 32.2. The topological polar surface area (TPSA) is 76.6 Å². The normalized spacial score (nSPS) is 14.1. The summed E-state index contributed by atoms with van der Waals surface area (Å²) in [5, 5.41) is 3.70. The Labute approximate surface area is 157 Å². The summed E-state index contributed by atoms with van der Waals surface area (Å²) in [6.45, 7) is 3.53. The largest absolute Gasteiger partial charge is 0.497 e. The zero-order valence-electron chi connectivity index (χ0n) is 14.7. The van der Waals surface area contributed by atoms with Crippen LogP contribution in [0.15, 0.2) is 41.7 Å². The maximum absolute atomic E-state index is 12.1. The molecule has 0 aliphatic carbocycles. The Morgan fingerprint density at radius 3 is 2.96 bits per heavy atom. The number of ether oxygens (including phenoxy) is 2. The fourth-order valence-corrected chi connectivity index (χ4v) is 3.24. The van der Waals surface area contributed by atoms with Crippen LogP contribution in [-0.2, 0) is 16.1 Å². The van der Waals surface area contributed by atoms with Crippen LogP contribution < -0.4 is 15.0 Å². The summed E-state index contributed by atoms with van der Waals surface area (Å²) in [5.41, 5.74) is 0.999. The van der Waals surface area contributed by atoms with Gasteiger partial charge in [0.25, 0.3) is 0 Å². The highest BCUT2D eigenvalue weighted by Crippen LogP contribution is 2.20. The van der Waals surface area contributed by atoms with Gasteiger partial charge < -0.3 is 19.7 Å². The summed E-state index contributed by atoms with van der Waals surface area (Å²) in [7, 11) is 1.63. The molecule has 0 spiro atoms. The van der Waals surface area contributed by atoms with Crippen LogP contribution in [0.2, 0.25) is 0 Å². The van der Waals surface area contributed by atoms with E-state index < -0.39 is 0 Å². The van der Waals surface area contributed by atoms with Crippen molar-refractivity contribution in [2.45, 2.75) is 11.6 Å². The molecule has 1 N–H and O–H groups in total. The number of aromatic nitrogens is 2. The molecule has 1 aromatic carbocycles. The molecular formula is C18H22N4O3S. The lowest BCUT2D eigenvalue weighted by Gasteiger charge is -2.27. The fraction of sp³-hybridized carbons (Fsp3) is 0.389. The van der Waals surface area contributed by atoms with Crippen LogP contribution in [0.25, 0.3) is 0 Å². The molecule has 1 saturated heterocycles. The molecule has 1 fully saturated rings. The van der Waals surface area contributed by atoms with Gasteiger partial charge in [0.05, 0.1) is 26.1 Å². The first-order valence-electron chi connectivity index (χ1n) is 8.42. The Kier molecular flexibility index (Phi) is 6.68. The first kappa shape index (κ1) is 18.5. The molecule has 0 atom stereocenters. The third-order valence-corrected chi connectivity index (χ3v) is 4.86. The number of anilines is 1. The minimum Gasteiger partial charge on any atom is -0.497 e. The number of benzene rings is 1. The van der Waals surface area contributed by atoms with Crippen molar-refractivity contribution in [3.63, 3.8) is 0 Å². The van der Waals surface area contributed by atoms with Gasteiger partial charge in [-0.2, -0.15) is 0 Å². The van der Waals surface area contributed by atoms with Gasteiger partial charge >= 0.3 is 0 Å². The van der Waals surface area contributed by atoms with Crippen LogP contribution in [0.5, 0.6) is 5.75 Å². The van der Waals surface area contributed by atoms with E-state index in [1.807, 2.05) is 30.3 Å². The van der Waals surface area contributed by atoms with E-state index in [4.69, 9.17) is 9.47 Å². The molecule has 3 rings (SSSR count). The highest BCUT2D eigenvalue weighted by molar-refractivity contribution is 7.99. The van der Waals surface area contributed by atoms with Crippen LogP contribution in [0.3, 0.4) is 0 Å². The maximum atomic E-state index is 12.1. The Hall–Kier alpha value is -2.32. The number of nitrogens with one attached hydrogen (secondary N) is 1. The number of carbonyl (C=O) groups excluding carboxylic acids is 1. The molecule has 0 saturated carbocycles. The van der Waals surface area contributed by atoms with Crippen molar-refractivity contribution in [1.29, 1.82) is 0 Å². The number of carbonyl (C=O) groups is 1. The van der Waals surface area contributed by atoms with E-state index in [-0.39, 0.29) is 5.91 Å². The van der Waals surface area contributed by atoms with Gasteiger partial charge in [0.1, 0.15) is 22.9 Å². The second-order valence-corrected chi connectivity index (χ2v) is 6.73. The Bertz CT molecular complexity index is 738. The number of methoxy groups -OCH3 is 1. The summed E-state index contributed by atoms with van der Waals surface area (Å²) < 4.78 is 10.5. The van der Waals surface area contributed by atoms with Gasteiger partial charge in [0, 0.05) is 25.7 Å². The molecule has 0 radical (unpaired) electrons. The van der Waals surface area contributed by atoms with Crippen molar-refractivity contribution in [2.24, 2.45) is 0 Å². The second kappa shape index (κ2) is 9.40. The van der Waals surface area contributed by atoms with E-state index in [2.05, 4.69) is 20.2 Å². The van der Waals surface area contributed by atoms with E-state index >= 15 is 0 Å². The zero-order chi connectivity index (χ0) is 18.2. The lowest BCUT2D eigenvalue weighted by molar-refractivity contribution is -0.118. The average molecular weight is 374 g/mol. The Morgan fingerprint density at radius 2 is 2.15 bits per heavy atom. The third kappa shape index (κ3) is 5.34. The first-order chi connectivity index (χ1) is 12.7. The molecule has 138 valence electrons. The van der Waals surface area contributed by atoms with Crippen molar-refractivity contribution < 1.29 is 14.3 Å². The molecule has 2 aromatic rings. The fourth-order valence-electron chi connectivity index (χ4n) is 2.55. The molecule has 2 heterocycles. The summed E-state index contributed by atoms with van der Waals surface area (Å²) in [6, 6.07) is 9.57. The summed E-state index contributed by atoms with van der Waals surface area (Å²) in [4.78, 5) is 22.8. The van der Waals surface area contributed by atoms with E-state index in [0.29, 0.717) is 25.5 Å². The molecule has 0 bridgehead atoms. The smallest absolute Gasteiger partial charge is 0.230 e. The van der Waals surface area contributed by atoms with E-state index in [9.17, 15) is 4.79 Å². The van der Waals surface area contributed by atoms with Crippen molar-refractivity contribution >= 4 is 23.5 Å². The molecule has 1 aliphatic heterocycles. The predicted molar refractivity (Wildman–Crippen MR) is 101 cm³/mol. The lowest BCUT2D eigenvalue weighted by atomic mass is 10.2. The molecular weight excluding hydrogens is 352 g/mol. The molecule has 8 heteroatoms. The second-order valence-electron chi connectivity index (χ2n) is 5.73. The van der Waals surface area contributed by atoms with E-state index in [1.165, 1.54) is 11.8 Å². The van der Waals surface area contributed by atoms with Crippen LogP contribution in [0.4, 0.5) is 5.82 Å². The number of morpholine rings is 1. The van der Waals surface area contributed by atoms with Gasteiger partial charge in [-0.05, 0) is 17.7 Å². The third-order valence-electron chi connectivity index (χ3n) is 3.94. The van der Waals surface area contributed by atoms with Gasteiger partial charge in [-0.1, -0.05) is 23.9 Å². The highest BCUT2D eigenvalue weighted by Gasteiger charge is 2.13. The predicted octanol–water partition coefficient (Wildman–Crippen LogP) is 1.73. The molecule has 0 unspecified atom stereocenters. The SMILES string of the molecule is COc1cccc(CNC(=O)CSc2cc(N3CCOCC3)ncn2)c1. The minimum atomic E-state index is -0.0376. The van der Waals surface area contributed by atoms with Crippen LogP contribution >= 0.6 is 11.8 Å². The molecule has 1 amide bonds. The number of nitrogens with zero attached hydrogens (tertiary/aromatic N) is 3. The van der Waals surface area contributed by atoms with Crippen molar-refractivity contribution in [3.05, 3.63) is 42.2 Å². The van der Waals surface area contributed by atoms with E-state index in [1.54, 1.807) is 13.4 Å². The monoisotopic (exact) mass is 374 g/mol. The van der Waals surface area contributed by atoms with Crippen molar-refractivity contribution in [3.8, 4) is 5.75 Å². The van der Waals surface area contributed by atoms with Gasteiger partial charge in [-0.3, -0.25) is 4.79 Å². The van der Waals surface area contributed by atoms with Crippen LogP contribution in [0, 0.1) is 0 Å². The number of rotatable bonds is 7. The molecule has 1 aliphatic rings. The average Bonchev–Trinajstić information content (AvgIpc) is 2.72. The Morgan fingerprint density at radius 1 is 1.31 bits per heavy atom. The quantitative estimate of drug-likeness (QED) is 0.584. The number of hydrogen-bond donors (Lipinski definition) is 1. The number of amides is 1. The van der Waals surface area contributed by atoms with Gasteiger partial charge in [-0.25, -0.2) is 9.97 Å². The number of thioether (sulfide) groups is 1. The summed E-state index contributed by atoms with van der Waals surface area (Å²) >= 11 is 1.40. The van der Waals surface area contributed by atoms with Crippen LogP contribution in [-0.4, -0.2) is 55.0 Å². The minimum absolute atomic E-state index is 0.0376. The van der Waals surface area contributed by atoms with Crippen LogP contribution in [0.1, 0.15) is 5.56 Å². The van der Waals surface area contributed by atoms with Gasteiger partial charge in [-0.15, -0.1) is 0 Å². The lowest BCUT2D eigenvalue weighted by Crippen LogP contribution is -2.36. The molecule has 7 nitrogen and oxygen atoms in total. The summed E-state index contributed by atoms with van der Waals surface area (Å²) in [6.07, 6.45) is 1.54. The summed E-state index contributed by atoms with van der Waals surface area (Å²) in [5.74, 6) is 1.93. The molecule has 1 aromatic heterocycles. The molecule has 26 heavy (non-hydrogen) atoms.